The van der Waals surface area contributed by atoms with E-state index < -0.39 is 17.9 Å². The Morgan fingerprint density at radius 2 is 1.84 bits per heavy atom. The van der Waals surface area contributed by atoms with E-state index in [-0.39, 0.29) is 25.3 Å². The van der Waals surface area contributed by atoms with E-state index in [0.717, 1.165) is 16.3 Å². The summed E-state index contributed by atoms with van der Waals surface area (Å²) in [5.41, 5.74) is 7.57. The summed E-state index contributed by atoms with van der Waals surface area (Å²) in [7, 11) is 0. The molecule has 0 aromatic heterocycles. The van der Waals surface area contributed by atoms with E-state index in [1.54, 1.807) is 18.2 Å². The molecule has 3 aromatic carbocycles. The van der Waals surface area contributed by atoms with Crippen molar-refractivity contribution in [3.8, 4) is 5.75 Å². The average Bonchev–Trinajstić information content (AvgIpc) is 3.09. The van der Waals surface area contributed by atoms with Crippen molar-refractivity contribution >= 4 is 28.6 Å². The largest absolute Gasteiger partial charge is 0.489 e. The highest BCUT2D eigenvalue weighted by Gasteiger charge is 2.37. The summed E-state index contributed by atoms with van der Waals surface area (Å²) >= 11 is 0. The van der Waals surface area contributed by atoms with Gasteiger partial charge in [-0.2, -0.15) is 0 Å². The minimum absolute atomic E-state index is 0.0301. The predicted octanol–water partition coefficient (Wildman–Crippen LogP) is 3.09. The fourth-order valence-electron chi connectivity index (χ4n) is 3.91. The van der Waals surface area contributed by atoms with Crippen molar-refractivity contribution < 1.29 is 24.2 Å². The number of fused-ring (bicyclic) bond motifs is 2. The second-order valence-electron chi connectivity index (χ2n) is 7.54. The highest BCUT2D eigenvalue weighted by Crippen LogP contribution is 2.33. The molecule has 2 amide bonds. The Labute approximate surface area is 179 Å². The van der Waals surface area contributed by atoms with E-state index in [9.17, 15) is 14.4 Å². The van der Waals surface area contributed by atoms with Gasteiger partial charge >= 0.3 is 5.97 Å². The van der Waals surface area contributed by atoms with E-state index in [4.69, 9.17) is 15.6 Å². The number of hydrogen-bond acceptors (Lipinski definition) is 4. The first kappa shape index (κ1) is 20.4. The third kappa shape index (κ3) is 4.21. The lowest BCUT2D eigenvalue weighted by Crippen LogP contribution is -2.45. The molecule has 1 atom stereocenters. The number of benzene rings is 3. The molecule has 7 nitrogen and oxygen atoms in total. The molecule has 1 unspecified atom stereocenters. The van der Waals surface area contributed by atoms with Crippen LogP contribution in [0, 0.1) is 0 Å². The molecule has 0 bridgehead atoms. The summed E-state index contributed by atoms with van der Waals surface area (Å²) in [5, 5.41) is 11.2. The summed E-state index contributed by atoms with van der Waals surface area (Å²) in [6, 6.07) is 18.4. The molecule has 0 fully saturated rings. The molecular formula is C24H22N2O5. The summed E-state index contributed by atoms with van der Waals surface area (Å²) in [5.74, 6) is -1.56. The first-order chi connectivity index (χ1) is 14.9. The molecule has 7 heteroatoms. The van der Waals surface area contributed by atoms with Crippen LogP contribution in [0.1, 0.15) is 34.3 Å². The van der Waals surface area contributed by atoms with Crippen LogP contribution in [0.4, 0.5) is 0 Å². The van der Waals surface area contributed by atoms with Crippen LogP contribution >= 0.6 is 0 Å². The van der Waals surface area contributed by atoms with Gasteiger partial charge in [0.2, 0.25) is 5.91 Å². The maximum Gasteiger partial charge on any atom is 0.303 e. The van der Waals surface area contributed by atoms with Crippen molar-refractivity contribution in [1.29, 1.82) is 0 Å². The third-order valence-corrected chi connectivity index (χ3v) is 5.50. The zero-order valence-corrected chi connectivity index (χ0v) is 16.8. The zero-order valence-electron chi connectivity index (χ0n) is 16.8. The van der Waals surface area contributed by atoms with Crippen LogP contribution in [0.2, 0.25) is 0 Å². The molecule has 4 rings (SSSR count). The van der Waals surface area contributed by atoms with Gasteiger partial charge in [-0.05, 0) is 41.0 Å². The smallest absolute Gasteiger partial charge is 0.303 e. The van der Waals surface area contributed by atoms with Gasteiger partial charge in [0.25, 0.3) is 5.91 Å². The SMILES string of the molecule is NC(=O)C(CCC(=O)O)N1Cc2c(OCc3ccc4ccccc4c3)cccc2C1=O. The van der Waals surface area contributed by atoms with Crippen molar-refractivity contribution in [2.24, 2.45) is 5.73 Å². The van der Waals surface area contributed by atoms with E-state index in [1.807, 2.05) is 36.4 Å². The van der Waals surface area contributed by atoms with Crippen LogP contribution in [-0.4, -0.2) is 33.8 Å². The molecule has 3 N–H and O–H groups in total. The van der Waals surface area contributed by atoms with Crippen molar-refractivity contribution in [1.82, 2.24) is 4.90 Å². The molecule has 31 heavy (non-hydrogen) atoms. The van der Waals surface area contributed by atoms with E-state index in [0.29, 0.717) is 23.5 Å². The maximum atomic E-state index is 12.9. The second kappa shape index (κ2) is 8.47. The van der Waals surface area contributed by atoms with Gasteiger partial charge in [0, 0.05) is 17.5 Å². The second-order valence-corrected chi connectivity index (χ2v) is 7.54. The molecule has 0 aliphatic carbocycles. The van der Waals surface area contributed by atoms with Gasteiger partial charge in [0.05, 0.1) is 6.54 Å². The Bertz CT molecular complexity index is 1170. The summed E-state index contributed by atoms with van der Waals surface area (Å²) in [4.78, 5) is 37.0. The lowest BCUT2D eigenvalue weighted by atomic mass is 10.1. The monoisotopic (exact) mass is 418 g/mol. The Kier molecular flexibility index (Phi) is 5.58. The number of primary amides is 1. The van der Waals surface area contributed by atoms with Crippen LogP contribution in [-0.2, 0) is 22.7 Å². The van der Waals surface area contributed by atoms with Crippen molar-refractivity contribution in [3.05, 3.63) is 77.4 Å². The minimum Gasteiger partial charge on any atom is -0.489 e. The number of amides is 2. The molecule has 0 radical (unpaired) electrons. The predicted molar refractivity (Wildman–Crippen MR) is 114 cm³/mol. The van der Waals surface area contributed by atoms with Crippen LogP contribution < -0.4 is 10.5 Å². The first-order valence-corrected chi connectivity index (χ1v) is 9.98. The van der Waals surface area contributed by atoms with Crippen LogP contribution in [0.25, 0.3) is 10.8 Å². The van der Waals surface area contributed by atoms with Gasteiger partial charge in [0.1, 0.15) is 18.4 Å². The zero-order chi connectivity index (χ0) is 22.0. The molecule has 1 aliphatic rings. The molecule has 3 aromatic rings. The van der Waals surface area contributed by atoms with Crippen molar-refractivity contribution in [2.75, 3.05) is 0 Å². The maximum absolute atomic E-state index is 12.9. The number of nitrogens with two attached hydrogens (primary N) is 1. The van der Waals surface area contributed by atoms with Crippen LogP contribution in [0.5, 0.6) is 5.75 Å². The Morgan fingerprint density at radius 1 is 1.06 bits per heavy atom. The molecule has 0 spiro atoms. The lowest BCUT2D eigenvalue weighted by molar-refractivity contribution is -0.137. The van der Waals surface area contributed by atoms with E-state index in [1.165, 1.54) is 4.90 Å². The first-order valence-electron chi connectivity index (χ1n) is 9.98. The molecule has 0 saturated carbocycles. The quantitative estimate of drug-likeness (QED) is 0.584. The third-order valence-electron chi connectivity index (χ3n) is 5.50. The topological polar surface area (TPSA) is 110 Å². The number of carboxylic acids is 1. The number of carbonyl (C=O) groups excluding carboxylic acids is 2. The van der Waals surface area contributed by atoms with Crippen LogP contribution in [0.3, 0.4) is 0 Å². The van der Waals surface area contributed by atoms with E-state index >= 15 is 0 Å². The van der Waals surface area contributed by atoms with Crippen LogP contribution in [0.15, 0.2) is 60.7 Å². The fraction of sp³-hybridized carbons (Fsp3) is 0.208. The van der Waals surface area contributed by atoms with Crippen molar-refractivity contribution in [2.45, 2.75) is 32.0 Å². The number of nitrogens with zero attached hydrogens (tertiary/aromatic N) is 1. The molecule has 1 heterocycles. The van der Waals surface area contributed by atoms with Gasteiger partial charge < -0.3 is 20.5 Å². The van der Waals surface area contributed by atoms with Gasteiger partial charge in [0.15, 0.2) is 0 Å². The number of carboxylic acid groups (broad SMARTS) is 1. The number of carbonyl (C=O) groups is 3. The summed E-state index contributed by atoms with van der Waals surface area (Å²) in [6.45, 7) is 0.475. The minimum atomic E-state index is -1.05. The van der Waals surface area contributed by atoms with Crippen molar-refractivity contribution in [3.63, 3.8) is 0 Å². The standard InChI is InChI=1S/C24H22N2O5/c25-23(29)20(10-11-22(27)28)26-13-19-18(24(26)30)6-3-7-21(19)31-14-15-8-9-16-4-1-2-5-17(16)12-15/h1-9,12,20H,10-11,13-14H2,(H2,25,29)(H,27,28). The summed E-state index contributed by atoms with van der Waals surface area (Å²) in [6.07, 6.45) is -0.281. The molecule has 1 aliphatic heterocycles. The molecule has 158 valence electrons. The Hall–Kier alpha value is -3.87. The lowest BCUT2D eigenvalue weighted by Gasteiger charge is -2.24. The number of aliphatic carboxylic acids is 1. The number of hydrogen-bond donors (Lipinski definition) is 2. The average molecular weight is 418 g/mol. The highest BCUT2D eigenvalue weighted by atomic mass is 16.5. The number of ether oxygens (including phenoxy) is 1. The summed E-state index contributed by atoms with van der Waals surface area (Å²) < 4.78 is 6.03. The molecular weight excluding hydrogens is 396 g/mol. The Balaban J connectivity index is 1.53. The van der Waals surface area contributed by atoms with Gasteiger partial charge in [-0.25, -0.2) is 0 Å². The van der Waals surface area contributed by atoms with E-state index in [2.05, 4.69) is 6.07 Å². The van der Waals surface area contributed by atoms with Gasteiger partial charge in [-0.1, -0.05) is 42.5 Å². The number of rotatable bonds is 8. The van der Waals surface area contributed by atoms with Gasteiger partial charge in [-0.3, -0.25) is 14.4 Å². The highest BCUT2D eigenvalue weighted by molar-refractivity contribution is 6.01. The van der Waals surface area contributed by atoms with Gasteiger partial charge in [-0.15, -0.1) is 0 Å². The molecule has 0 saturated heterocycles. The Morgan fingerprint density at radius 3 is 2.58 bits per heavy atom. The normalized spacial score (nSPS) is 13.8. The fourth-order valence-corrected chi connectivity index (χ4v) is 3.91.